The number of likely N-dealkylation sites (tertiary alicyclic amines) is 1. The number of carbonyl (C=O) groups is 1. The Balaban J connectivity index is 1.42. The van der Waals surface area contributed by atoms with Gasteiger partial charge >= 0.3 is 0 Å². The van der Waals surface area contributed by atoms with Crippen molar-refractivity contribution in [1.29, 1.82) is 0 Å². The van der Waals surface area contributed by atoms with E-state index in [-0.39, 0.29) is 5.91 Å². The molecule has 2 aliphatic heterocycles. The lowest BCUT2D eigenvalue weighted by Gasteiger charge is -2.53. The molecule has 0 bridgehead atoms. The molecule has 4 rings (SSSR count). The van der Waals surface area contributed by atoms with Gasteiger partial charge in [0.2, 0.25) is 0 Å². The number of hydrogen-bond donors (Lipinski definition) is 2. The van der Waals surface area contributed by atoms with E-state index >= 15 is 0 Å². The van der Waals surface area contributed by atoms with Crippen molar-refractivity contribution in [3.05, 3.63) is 54.1 Å². The second-order valence-corrected chi connectivity index (χ2v) is 8.53. The third-order valence-electron chi connectivity index (χ3n) is 6.54. The molecule has 1 spiro atoms. The molecule has 3 heterocycles. The largest absolute Gasteiger partial charge is 0.388 e. The summed E-state index contributed by atoms with van der Waals surface area (Å²) in [4.78, 5) is 19.5. The highest BCUT2D eigenvalue weighted by Gasteiger charge is 2.53. The maximum absolute atomic E-state index is 12.7. The number of aliphatic hydroxyl groups excluding tert-OH is 1. The summed E-state index contributed by atoms with van der Waals surface area (Å²) in [6.45, 7) is 4.90. The van der Waals surface area contributed by atoms with E-state index in [0.717, 1.165) is 38.3 Å². The molecule has 156 valence electrons. The minimum absolute atomic E-state index is 0.156. The highest BCUT2D eigenvalue weighted by atomic mass is 16.5. The summed E-state index contributed by atoms with van der Waals surface area (Å²) in [7, 11) is 2.00. The van der Waals surface area contributed by atoms with Gasteiger partial charge < -0.3 is 19.7 Å². The zero-order chi connectivity index (χ0) is 20.5. The topological polar surface area (TPSA) is 79.6 Å². The molecule has 2 N–H and O–H groups in total. The number of aromatic nitrogens is 2. The molecule has 0 unspecified atom stereocenters. The van der Waals surface area contributed by atoms with E-state index in [9.17, 15) is 9.90 Å². The van der Waals surface area contributed by atoms with E-state index in [0.29, 0.717) is 18.6 Å². The first-order chi connectivity index (χ1) is 13.9. The lowest BCUT2D eigenvalue weighted by Crippen LogP contribution is -2.69. The predicted molar refractivity (Wildman–Crippen MR) is 109 cm³/mol. The van der Waals surface area contributed by atoms with Crippen molar-refractivity contribution in [2.24, 2.45) is 7.05 Å². The quantitative estimate of drug-likeness (QED) is 0.820. The highest BCUT2D eigenvalue weighted by molar-refractivity contribution is 5.94. The van der Waals surface area contributed by atoms with Crippen LogP contribution in [0.25, 0.3) is 0 Å². The van der Waals surface area contributed by atoms with Crippen molar-refractivity contribution in [2.75, 3.05) is 19.7 Å². The Kier molecular flexibility index (Phi) is 5.46. The predicted octanol–water partition coefficient (Wildman–Crippen LogP) is 1.72. The Bertz CT molecular complexity index is 845. The molecule has 1 amide bonds. The number of piperidine rings is 1. The fourth-order valence-electron chi connectivity index (χ4n) is 4.57. The normalized spacial score (nSPS) is 27.1. The molecule has 0 aliphatic carbocycles. The summed E-state index contributed by atoms with van der Waals surface area (Å²) in [5.41, 5.74) is -0.728. The van der Waals surface area contributed by atoms with E-state index in [4.69, 9.17) is 4.74 Å². The van der Waals surface area contributed by atoms with Crippen LogP contribution in [0.4, 0.5) is 0 Å². The fraction of sp³-hybridized carbons (Fsp3) is 0.545. The summed E-state index contributed by atoms with van der Waals surface area (Å²) < 4.78 is 8.19. The molecule has 2 aliphatic rings. The summed E-state index contributed by atoms with van der Waals surface area (Å²) in [6.07, 6.45) is 5.06. The van der Waals surface area contributed by atoms with Gasteiger partial charge in [0.15, 0.2) is 0 Å². The molecule has 0 radical (unpaired) electrons. The molecule has 7 heteroatoms. The van der Waals surface area contributed by atoms with Gasteiger partial charge in [-0.2, -0.15) is 0 Å². The van der Waals surface area contributed by atoms with Crippen molar-refractivity contribution in [3.63, 3.8) is 0 Å². The smallest absolute Gasteiger partial charge is 0.251 e. The molecule has 7 nitrogen and oxygen atoms in total. The average Bonchev–Trinajstić information content (AvgIpc) is 3.13. The maximum Gasteiger partial charge on any atom is 0.251 e. The number of imidazole rings is 1. The van der Waals surface area contributed by atoms with Crippen LogP contribution >= 0.6 is 0 Å². The molecular weight excluding hydrogens is 368 g/mol. The number of rotatable bonds is 4. The van der Waals surface area contributed by atoms with Gasteiger partial charge in [0, 0.05) is 44.7 Å². The van der Waals surface area contributed by atoms with Crippen molar-refractivity contribution >= 4 is 5.91 Å². The lowest BCUT2D eigenvalue weighted by molar-refractivity contribution is -0.206. The van der Waals surface area contributed by atoms with E-state index in [1.54, 1.807) is 12.1 Å². The number of aliphatic hydroxyl groups is 1. The Morgan fingerprint density at radius 1 is 1.28 bits per heavy atom. The Hall–Kier alpha value is -2.22. The first kappa shape index (κ1) is 20.1. The Morgan fingerprint density at radius 3 is 2.66 bits per heavy atom. The van der Waals surface area contributed by atoms with Crippen LogP contribution in [0, 0.1) is 0 Å². The van der Waals surface area contributed by atoms with Crippen LogP contribution in [0.1, 0.15) is 42.4 Å². The van der Waals surface area contributed by atoms with Gasteiger partial charge in [-0.3, -0.25) is 9.69 Å². The van der Waals surface area contributed by atoms with Crippen molar-refractivity contribution < 1.29 is 14.6 Å². The van der Waals surface area contributed by atoms with E-state index in [1.165, 1.54) is 0 Å². The molecule has 29 heavy (non-hydrogen) atoms. The number of nitrogens with zero attached hydrogens (tertiary/aromatic N) is 3. The number of benzene rings is 1. The molecular formula is C22H30N4O3. The Labute approximate surface area is 171 Å². The van der Waals surface area contributed by atoms with Gasteiger partial charge in [-0.1, -0.05) is 18.2 Å². The van der Waals surface area contributed by atoms with Crippen molar-refractivity contribution in [3.8, 4) is 0 Å². The second kappa shape index (κ2) is 7.89. The van der Waals surface area contributed by atoms with Crippen LogP contribution in [0.2, 0.25) is 0 Å². The molecule has 0 saturated carbocycles. The van der Waals surface area contributed by atoms with Gasteiger partial charge in [-0.05, 0) is 38.3 Å². The number of ether oxygens (including phenoxy) is 1. The van der Waals surface area contributed by atoms with E-state index < -0.39 is 17.2 Å². The summed E-state index contributed by atoms with van der Waals surface area (Å²) in [6, 6.07) is 9.15. The molecule has 2 aromatic rings. The monoisotopic (exact) mass is 398 g/mol. The van der Waals surface area contributed by atoms with Crippen molar-refractivity contribution in [2.45, 2.75) is 50.0 Å². The third kappa shape index (κ3) is 3.95. The van der Waals surface area contributed by atoms with Gasteiger partial charge in [0.25, 0.3) is 5.91 Å². The van der Waals surface area contributed by atoms with Gasteiger partial charge in [-0.15, -0.1) is 0 Å². The summed E-state index contributed by atoms with van der Waals surface area (Å²) in [5.74, 6) is 0.877. The first-order valence-corrected chi connectivity index (χ1v) is 10.3. The molecule has 2 saturated heterocycles. The molecule has 2 fully saturated rings. The highest BCUT2D eigenvalue weighted by Crippen LogP contribution is 2.40. The van der Waals surface area contributed by atoms with Gasteiger partial charge in [0.05, 0.1) is 17.7 Å². The van der Waals surface area contributed by atoms with E-state index in [1.807, 2.05) is 49.1 Å². The van der Waals surface area contributed by atoms with E-state index in [2.05, 4.69) is 15.2 Å². The zero-order valence-corrected chi connectivity index (χ0v) is 17.2. The molecule has 2 atom stereocenters. The zero-order valence-electron chi connectivity index (χ0n) is 17.2. The first-order valence-electron chi connectivity index (χ1n) is 10.3. The number of nitrogens with one attached hydrogen (secondary N) is 1. The van der Waals surface area contributed by atoms with Gasteiger partial charge in [-0.25, -0.2) is 4.98 Å². The van der Waals surface area contributed by atoms with Crippen LogP contribution in [0.15, 0.2) is 42.7 Å². The third-order valence-corrected chi connectivity index (χ3v) is 6.54. The maximum atomic E-state index is 12.7. The van der Waals surface area contributed by atoms with Crippen LogP contribution in [-0.2, 0) is 18.3 Å². The van der Waals surface area contributed by atoms with Crippen LogP contribution in [0.5, 0.6) is 0 Å². The van der Waals surface area contributed by atoms with Gasteiger partial charge in [0.1, 0.15) is 11.9 Å². The number of amides is 1. The second-order valence-electron chi connectivity index (χ2n) is 8.53. The van der Waals surface area contributed by atoms with Crippen LogP contribution in [0.3, 0.4) is 0 Å². The number of aryl methyl sites for hydroxylation is 1. The summed E-state index contributed by atoms with van der Waals surface area (Å²) >= 11 is 0. The molecule has 1 aromatic heterocycles. The Morgan fingerprint density at radius 2 is 2.00 bits per heavy atom. The number of carbonyl (C=O) groups excluding carboxylic acids is 1. The summed E-state index contributed by atoms with van der Waals surface area (Å²) in [5, 5.41) is 14.4. The van der Waals surface area contributed by atoms with Crippen molar-refractivity contribution in [1.82, 2.24) is 19.8 Å². The minimum Gasteiger partial charge on any atom is -0.388 e. The average molecular weight is 399 g/mol. The van der Waals surface area contributed by atoms with Crippen LogP contribution < -0.4 is 5.32 Å². The van der Waals surface area contributed by atoms with Crippen LogP contribution in [-0.4, -0.2) is 62.4 Å². The number of hydrogen-bond acceptors (Lipinski definition) is 5. The fourth-order valence-corrected chi connectivity index (χ4v) is 4.57. The SMILES string of the molecule is Cn1ccnc1CN1CCC2(CC1)OCC[C@](C)(NC(=O)c1ccccc1)[C@H]2O. The minimum atomic E-state index is -0.758. The molecule has 1 aromatic carbocycles. The lowest BCUT2D eigenvalue weighted by atomic mass is 9.73. The standard InChI is InChI=1S/C22H30N4O3/c1-21(24-19(27)17-6-4-3-5-7-17)10-15-29-22(20(21)28)8-12-26(13-9-22)16-18-23-11-14-25(18)2/h3-7,11,14,20,28H,8-10,12-13,15-16H2,1-2H3,(H,24,27)/t20-,21+/m1/s1.